The van der Waals surface area contributed by atoms with Crippen molar-refractivity contribution in [3.05, 3.63) is 35.4 Å². The molecule has 0 amide bonds. The first-order valence-electron chi connectivity index (χ1n) is 7.73. The number of carboxylic acids is 1. The lowest BCUT2D eigenvalue weighted by Gasteiger charge is -2.24. The van der Waals surface area contributed by atoms with Gasteiger partial charge in [-0.25, -0.2) is 0 Å². The molecule has 3 unspecified atom stereocenters. The molecule has 108 valence electrons. The number of benzene rings is 1. The zero-order chi connectivity index (χ0) is 14.1. The van der Waals surface area contributed by atoms with E-state index in [9.17, 15) is 9.90 Å². The molecule has 1 N–H and O–H groups in total. The van der Waals surface area contributed by atoms with Gasteiger partial charge in [0.15, 0.2) is 0 Å². The number of hydrogen-bond acceptors (Lipinski definition) is 2. The number of nitrogens with zero attached hydrogens (tertiary/aromatic N) is 1. The van der Waals surface area contributed by atoms with E-state index in [1.54, 1.807) is 0 Å². The van der Waals surface area contributed by atoms with Crippen LogP contribution in [0.4, 0.5) is 0 Å². The van der Waals surface area contributed by atoms with E-state index in [1.165, 1.54) is 24.0 Å². The Labute approximate surface area is 120 Å². The Morgan fingerprint density at radius 3 is 2.60 bits per heavy atom. The quantitative estimate of drug-likeness (QED) is 0.917. The van der Waals surface area contributed by atoms with E-state index < -0.39 is 5.97 Å². The molecule has 0 radical (unpaired) electrons. The number of aliphatic carboxylic acids is 1. The van der Waals surface area contributed by atoms with Crippen molar-refractivity contribution in [3.8, 4) is 0 Å². The van der Waals surface area contributed by atoms with Gasteiger partial charge in [-0.05, 0) is 42.2 Å². The maximum Gasteiger partial charge on any atom is 0.321 e. The van der Waals surface area contributed by atoms with Gasteiger partial charge in [0.05, 0.1) is 0 Å². The molecule has 1 aliphatic carbocycles. The van der Waals surface area contributed by atoms with E-state index in [0.29, 0.717) is 11.8 Å². The van der Waals surface area contributed by atoms with Crippen molar-refractivity contribution < 1.29 is 9.90 Å². The fourth-order valence-corrected chi connectivity index (χ4v) is 4.01. The summed E-state index contributed by atoms with van der Waals surface area (Å²) in [5, 5.41) is 9.55. The van der Waals surface area contributed by atoms with Gasteiger partial charge in [-0.2, -0.15) is 0 Å². The predicted octanol–water partition coefficient (Wildman–Crippen LogP) is 2.93. The second-order valence-electron chi connectivity index (χ2n) is 6.24. The average molecular weight is 273 g/mol. The van der Waals surface area contributed by atoms with Crippen LogP contribution in [0.1, 0.15) is 37.3 Å². The van der Waals surface area contributed by atoms with Gasteiger partial charge in [0.2, 0.25) is 0 Å². The van der Waals surface area contributed by atoms with Crippen LogP contribution in [0.2, 0.25) is 0 Å². The van der Waals surface area contributed by atoms with Crippen molar-refractivity contribution in [2.24, 2.45) is 11.8 Å². The molecular formula is C17H23NO2. The molecule has 0 spiro atoms. The highest BCUT2D eigenvalue weighted by molar-refractivity contribution is 5.74. The first kappa shape index (κ1) is 13.6. The summed E-state index contributed by atoms with van der Waals surface area (Å²) < 4.78 is 0. The number of fused-ring (bicyclic) bond motifs is 1. The van der Waals surface area contributed by atoms with Crippen LogP contribution < -0.4 is 0 Å². The molecule has 1 aromatic rings. The van der Waals surface area contributed by atoms with E-state index in [4.69, 9.17) is 0 Å². The molecule has 1 saturated heterocycles. The van der Waals surface area contributed by atoms with Crippen LogP contribution in [0, 0.1) is 11.8 Å². The largest absolute Gasteiger partial charge is 0.480 e. The highest BCUT2D eigenvalue weighted by Crippen LogP contribution is 2.42. The Kier molecular flexibility index (Phi) is 3.79. The molecule has 3 nitrogen and oxygen atoms in total. The SMILES string of the molecule is CCc1ccc(CN2CC3CCCC3C2C(=O)O)cc1. The predicted molar refractivity (Wildman–Crippen MR) is 78.5 cm³/mol. The Balaban J connectivity index is 1.73. The fraction of sp³-hybridized carbons (Fsp3) is 0.588. The Morgan fingerprint density at radius 1 is 1.25 bits per heavy atom. The van der Waals surface area contributed by atoms with E-state index in [1.807, 2.05) is 0 Å². The van der Waals surface area contributed by atoms with Gasteiger partial charge in [0.25, 0.3) is 0 Å². The molecule has 1 heterocycles. The second kappa shape index (κ2) is 5.57. The molecule has 0 bridgehead atoms. The molecule has 0 aromatic heterocycles. The number of carbonyl (C=O) groups is 1. The molecule has 3 rings (SSSR count). The van der Waals surface area contributed by atoms with Gasteiger partial charge in [-0.3, -0.25) is 9.69 Å². The number of hydrogen-bond donors (Lipinski definition) is 1. The lowest BCUT2D eigenvalue weighted by Crippen LogP contribution is -2.39. The normalized spacial score (nSPS) is 29.6. The third-order valence-corrected chi connectivity index (χ3v) is 5.06. The van der Waals surface area contributed by atoms with E-state index in [-0.39, 0.29) is 6.04 Å². The third-order valence-electron chi connectivity index (χ3n) is 5.06. The molecular weight excluding hydrogens is 250 g/mol. The van der Waals surface area contributed by atoms with Crippen LogP contribution >= 0.6 is 0 Å². The van der Waals surface area contributed by atoms with Crippen LogP contribution in [0.15, 0.2) is 24.3 Å². The van der Waals surface area contributed by atoms with Crippen molar-refractivity contribution in [2.45, 2.75) is 45.2 Å². The summed E-state index contributed by atoms with van der Waals surface area (Å²) in [4.78, 5) is 13.8. The maximum absolute atomic E-state index is 11.6. The number of rotatable bonds is 4. The summed E-state index contributed by atoms with van der Waals surface area (Å²) in [7, 11) is 0. The third kappa shape index (κ3) is 2.47. The van der Waals surface area contributed by atoms with Crippen LogP contribution in [0.5, 0.6) is 0 Å². The Bertz CT molecular complexity index is 482. The molecule has 1 aromatic carbocycles. The lowest BCUT2D eigenvalue weighted by atomic mass is 9.94. The fourth-order valence-electron chi connectivity index (χ4n) is 4.01. The van der Waals surface area contributed by atoms with Crippen molar-refractivity contribution >= 4 is 5.97 Å². The highest BCUT2D eigenvalue weighted by Gasteiger charge is 2.47. The van der Waals surface area contributed by atoms with Crippen molar-refractivity contribution in [3.63, 3.8) is 0 Å². The first-order valence-corrected chi connectivity index (χ1v) is 7.73. The van der Waals surface area contributed by atoms with E-state index >= 15 is 0 Å². The molecule has 3 atom stereocenters. The van der Waals surface area contributed by atoms with Crippen LogP contribution in [0.25, 0.3) is 0 Å². The molecule has 1 saturated carbocycles. The standard InChI is InChI=1S/C17H23NO2/c1-2-12-6-8-13(9-7-12)10-18-11-14-4-3-5-15(14)16(18)17(19)20/h6-9,14-16H,2-5,10-11H2,1H3,(H,19,20). The van der Waals surface area contributed by atoms with Crippen LogP contribution in [-0.4, -0.2) is 28.6 Å². The second-order valence-corrected chi connectivity index (χ2v) is 6.24. The summed E-state index contributed by atoms with van der Waals surface area (Å²) in [6, 6.07) is 8.33. The first-order chi connectivity index (χ1) is 9.69. The highest BCUT2D eigenvalue weighted by atomic mass is 16.4. The minimum Gasteiger partial charge on any atom is -0.480 e. The molecule has 3 heteroatoms. The average Bonchev–Trinajstić information content (AvgIpc) is 2.99. The summed E-state index contributed by atoms with van der Waals surface area (Å²) >= 11 is 0. The summed E-state index contributed by atoms with van der Waals surface area (Å²) in [6.07, 6.45) is 4.55. The molecule has 2 fully saturated rings. The van der Waals surface area contributed by atoms with Gasteiger partial charge in [0.1, 0.15) is 6.04 Å². The van der Waals surface area contributed by atoms with E-state index in [0.717, 1.165) is 25.9 Å². The van der Waals surface area contributed by atoms with Gasteiger partial charge in [-0.1, -0.05) is 37.6 Å². The molecule has 2 aliphatic rings. The smallest absolute Gasteiger partial charge is 0.321 e. The topological polar surface area (TPSA) is 40.5 Å². The van der Waals surface area contributed by atoms with Crippen molar-refractivity contribution in [2.75, 3.05) is 6.54 Å². The van der Waals surface area contributed by atoms with Crippen molar-refractivity contribution in [1.82, 2.24) is 4.90 Å². The molecule has 1 aliphatic heterocycles. The molecule has 20 heavy (non-hydrogen) atoms. The zero-order valence-electron chi connectivity index (χ0n) is 12.1. The van der Waals surface area contributed by atoms with Gasteiger partial charge in [-0.15, -0.1) is 0 Å². The van der Waals surface area contributed by atoms with Crippen molar-refractivity contribution in [1.29, 1.82) is 0 Å². The zero-order valence-corrected chi connectivity index (χ0v) is 12.1. The number of likely N-dealkylation sites (tertiary alicyclic amines) is 1. The Hall–Kier alpha value is -1.35. The van der Waals surface area contributed by atoms with Crippen LogP contribution in [0.3, 0.4) is 0 Å². The summed E-state index contributed by atoms with van der Waals surface area (Å²) in [5.41, 5.74) is 2.57. The summed E-state index contributed by atoms with van der Waals surface area (Å²) in [5.74, 6) is 0.345. The van der Waals surface area contributed by atoms with Crippen LogP contribution in [-0.2, 0) is 17.8 Å². The maximum atomic E-state index is 11.6. The summed E-state index contributed by atoms with van der Waals surface area (Å²) in [6.45, 7) is 3.88. The number of carboxylic acid groups (broad SMARTS) is 1. The Morgan fingerprint density at radius 2 is 1.95 bits per heavy atom. The monoisotopic (exact) mass is 273 g/mol. The van der Waals surface area contributed by atoms with Gasteiger partial charge < -0.3 is 5.11 Å². The minimum absolute atomic E-state index is 0.270. The van der Waals surface area contributed by atoms with Gasteiger partial charge >= 0.3 is 5.97 Å². The van der Waals surface area contributed by atoms with Gasteiger partial charge in [0, 0.05) is 13.1 Å². The number of aryl methyl sites for hydroxylation is 1. The minimum atomic E-state index is -0.635. The lowest BCUT2D eigenvalue weighted by molar-refractivity contribution is -0.143. The van der Waals surface area contributed by atoms with E-state index in [2.05, 4.69) is 36.1 Å².